The Morgan fingerprint density at radius 1 is 1.04 bits per heavy atom. The van der Waals surface area contributed by atoms with Crippen LogP contribution in [0.2, 0.25) is 0 Å². The fourth-order valence-electron chi connectivity index (χ4n) is 3.30. The van der Waals surface area contributed by atoms with Crippen molar-refractivity contribution in [3.63, 3.8) is 0 Å². The molecule has 1 atom stereocenters. The summed E-state index contributed by atoms with van der Waals surface area (Å²) in [5.74, 6) is 0.816. The van der Waals surface area contributed by atoms with Gasteiger partial charge in [-0.15, -0.1) is 0 Å². The Bertz CT molecular complexity index is 688. The van der Waals surface area contributed by atoms with Gasteiger partial charge in [-0.05, 0) is 40.7 Å². The lowest BCUT2D eigenvalue weighted by Crippen LogP contribution is -2.38. The molecule has 2 aromatic rings. The third-order valence-electron chi connectivity index (χ3n) is 4.84. The summed E-state index contributed by atoms with van der Waals surface area (Å²) in [5.41, 5.74) is 4.23. The molecule has 0 radical (unpaired) electrons. The molecule has 3 rings (SSSR count). The van der Waals surface area contributed by atoms with Crippen molar-refractivity contribution in [3.8, 4) is 5.75 Å². The zero-order chi connectivity index (χ0) is 17.9. The Balaban J connectivity index is 1.48. The first-order chi connectivity index (χ1) is 11.9. The molecule has 0 unspecified atom stereocenters. The van der Waals surface area contributed by atoms with Gasteiger partial charge in [0.1, 0.15) is 18.5 Å². The van der Waals surface area contributed by atoms with E-state index in [1.54, 1.807) is 0 Å². The van der Waals surface area contributed by atoms with Crippen LogP contribution < -0.4 is 4.74 Å². The van der Waals surface area contributed by atoms with Gasteiger partial charge in [0.05, 0.1) is 0 Å². The van der Waals surface area contributed by atoms with Crippen LogP contribution >= 0.6 is 0 Å². The molecule has 0 amide bonds. The predicted octanol–water partition coefficient (Wildman–Crippen LogP) is 3.78. The second-order valence-corrected chi connectivity index (χ2v) is 7.99. The molecule has 0 spiro atoms. The molecule has 3 nitrogen and oxygen atoms in total. The lowest BCUT2D eigenvalue weighted by Gasteiger charge is -2.30. The first-order valence-electron chi connectivity index (χ1n) is 9.12. The summed E-state index contributed by atoms with van der Waals surface area (Å²) < 4.78 is 5.77. The van der Waals surface area contributed by atoms with Gasteiger partial charge in [-0.1, -0.05) is 57.2 Å². The number of benzene rings is 2. The predicted molar refractivity (Wildman–Crippen MR) is 102 cm³/mol. The van der Waals surface area contributed by atoms with Crippen LogP contribution in [0.3, 0.4) is 0 Å². The van der Waals surface area contributed by atoms with E-state index >= 15 is 0 Å². The molecule has 0 bridgehead atoms. The summed E-state index contributed by atoms with van der Waals surface area (Å²) in [4.78, 5) is 2.30. The van der Waals surface area contributed by atoms with Crippen molar-refractivity contribution in [1.82, 2.24) is 4.90 Å². The molecule has 1 heterocycles. The van der Waals surface area contributed by atoms with Crippen LogP contribution in [-0.2, 0) is 18.4 Å². The van der Waals surface area contributed by atoms with Gasteiger partial charge in [0.15, 0.2) is 0 Å². The maximum absolute atomic E-state index is 10.3. The zero-order valence-electron chi connectivity index (χ0n) is 15.5. The third-order valence-corrected chi connectivity index (χ3v) is 4.84. The van der Waals surface area contributed by atoms with Crippen LogP contribution in [0.4, 0.5) is 0 Å². The topological polar surface area (TPSA) is 32.7 Å². The SMILES string of the molecule is CC(C)(C)c1ccc(OC[C@H](O)CN2CCc3ccccc3C2)cc1. The average Bonchev–Trinajstić information content (AvgIpc) is 2.59. The molecule has 0 fully saturated rings. The van der Waals surface area contributed by atoms with E-state index in [9.17, 15) is 5.11 Å². The molecule has 0 aliphatic carbocycles. The maximum Gasteiger partial charge on any atom is 0.119 e. The largest absolute Gasteiger partial charge is 0.491 e. The number of ether oxygens (including phenoxy) is 1. The van der Waals surface area contributed by atoms with Crippen LogP contribution in [0, 0.1) is 0 Å². The van der Waals surface area contributed by atoms with Gasteiger partial charge in [0, 0.05) is 19.6 Å². The van der Waals surface area contributed by atoms with Crippen LogP contribution in [0.1, 0.15) is 37.5 Å². The summed E-state index contributed by atoms with van der Waals surface area (Å²) in [5, 5.41) is 10.3. The highest BCUT2D eigenvalue weighted by molar-refractivity contribution is 5.31. The fourth-order valence-corrected chi connectivity index (χ4v) is 3.30. The monoisotopic (exact) mass is 339 g/mol. The van der Waals surface area contributed by atoms with E-state index in [0.717, 1.165) is 25.3 Å². The van der Waals surface area contributed by atoms with Crippen molar-refractivity contribution >= 4 is 0 Å². The Morgan fingerprint density at radius 3 is 2.40 bits per heavy atom. The highest BCUT2D eigenvalue weighted by Gasteiger charge is 2.19. The van der Waals surface area contributed by atoms with Gasteiger partial charge >= 0.3 is 0 Å². The molecule has 3 heteroatoms. The number of aliphatic hydroxyl groups excluding tert-OH is 1. The Kier molecular flexibility index (Phi) is 5.45. The molecule has 0 aromatic heterocycles. The summed E-state index contributed by atoms with van der Waals surface area (Å²) in [7, 11) is 0. The van der Waals surface area contributed by atoms with Crippen molar-refractivity contribution < 1.29 is 9.84 Å². The minimum Gasteiger partial charge on any atom is -0.491 e. The number of rotatable bonds is 5. The normalized spacial score (nSPS) is 16.3. The van der Waals surface area contributed by atoms with Crippen LogP contribution in [0.5, 0.6) is 5.75 Å². The Hall–Kier alpha value is -1.84. The molecule has 1 aliphatic rings. The molecule has 2 aromatic carbocycles. The highest BCUT2D eigenvalue weighted by atomic mass is 16.5. The standard InChI is InChI=1S/C22H29NO2/c1-22(2,3)19-8-10-21(11-9-19)25-16-20(24)15-23-13-12-17-6-4-5-7-18(17)14-23/h4-11,20,24H,12-16H2,1-3H3/t20-/m1/s1. The highest BCUT2D eigenvalue weighted by Crippen LogP contribution is 2.24. The van der Waals surface area contributed by atoms with Gasteiger partial charge < -0.3 is 9.84 Å². The molecule has 1 aliphatic heterocycles. The van der Waals surface area contributed by atoms with E-state index in [1.165, 1.54) is 16.7 Å². The van der Waals surface area contributed by atoms with E-state index in [4.69, 9.17) is 4.74 Å². The van der Waals surface area contributed by atoms with Crippen molar-refractivity contribution in [2.45, 2.75) is 45.3 Å². The molecular weight excluding hydrogens is 310 g/mol. The van der Waals surface area contributed by atoms with Crippen molar-refractivity contribution in [2.24, 2.45) is 0 Å². The van der Waals surface area contributed by atoms with Gasteiger partial charge in [-0.2, -0.15) is 0 Å². The number of hydrogen-bond acceptors (Lipinski definition) is 3. The van der Waals surface area contributed by atoms with Gasteiger partial charge in [-0.3, -0.25) is 4.90 Å². The van der Waals surface area contributed by atoms with E-state index in [0.29, 0.717) is 13.2 Å². The third kappa shape index (κ3) is 4.83. The lowest BCUT2D eigenvalue weighted by atomic mass is 9.87. The number of aliphatic hydroxyl groups is 1. The van der Waals surface area contributed by atoms with Gasteiger partial charge in [0.25, 0.3) is 0 Å². The van der Waals surface area contributed by atoms with Crippen molar-refractivity contribution in [2.75, 3.05) is 19.7 Å². The van der Waals surface area contributed by atoms with Crippen LogP contribution in [-0.4, -0.2) is 35.8 Å². The molecule has 134 valence electrons. The van der Waals surface area contributed by atoms with Gasteiger partial charge in [0.2, 0.25) is 0 Å². The number of nitrogens with zero attached hydrogens (tertiary/aromatic N) is 1. The summed E-state index contributed by atoms with van der Waals surface area (Å²) >= 11 is 0. The minimum atomic E-state index is -0.479. The molecular formula is C22H29NO2. The maximum atomic E-state index is 10.3. The van der Waals surface area contributed by atoms with E-state index in [-0.39, 0.29) is 5.41 Å². The van der Waals surface area contributed by atoms with Crippen LogP contribution in [0.25, 0.3) is 0 Å². The second-order valence-electron chi connectivity index (χ2n) is 7.99. The Labute approximate surface area is 151 Å². The first-order valence-corrected chi connectivity index (χ1v) is 9.12. The minimum absolute atomic E-state index is 0.141. The quantitative estimate of drug-likeness (QED) is 0.900. The summed E-state index contributed by atoms with van der Waals surface area (Å²) in [6.45, 7) is 9.47. The number of hydrogen-bond donors (Lipinski definition) is 1. The molecule has 25 heavy (non-hydrogen) atoms. The number of fused-ring (bicyclic) bond motifs is 1. The van der Waals surface area contributed by atoms with E-state index in [1.807, 2.05) is 12.1 Å². The second kappa shape index (κ2) is 7.59. The molecule has 1 N–H and O–H groups in total. The van der Waals surface area contributed by atoms with Crippen molar-refractivity contribution in [1.29, 1.82) is 0 Å². The van der Waals surface area contributed by atoms with E-state index in [2.05, 4.69) is 62.1 Å². The van der Waals surface area contributed by atoms with E-state index < -0.39 is 6.10 Å². The Morgan fingerprint density at radius 2 is 1.72 bits per heavy atom. The zero-order valence-corrected chi connectivity index (χ0v) is 15.5. The molecule has 0 saturated heterocycles. The average molecular weight is 339 g/mol. The number of β-amino-alcohol motifs (C(OH)–C–C–N with tert-alkyl or cyclic N) is 1. The fraction of sp³-hybridized carbons (Fsp3) is 0.455. The first kappa shape index (κ1) is 18.0. The molecule has 0 saturated carbocycles. The summed E-state index contributed by atoms with van der Waals surface area (Å²) in [6, 6.07) is 16.8. The smallest absolute Gasteiger partial charge is 0.119 e. The lowest BCUT2D eigenvalue weighted by molar-refractivity contribution is 0.0638. The van der Waals surface area contributed by atoms with Gasteiger partial charge in [-0.25, -0.2) is 0 Å². The summed E-state index contributed by atoms with van der Waals surface area (Å²) in [6.07, 6.45) is 0.574. The van der Waals surface area contributed by atoms with Crippen LogP contribution in [0.15, 0.2) is 48.5 Å². The van der Waals surface area contributed by atoms with Crippen molar-refractivity contribution in [3.05, 3.63) is 65.2 Å².